The molecule has 2 rings (SSSR count). The Hall–Kier alpha value is -2.05. The molecule has 0 saturated heterocycles. The van der Waals surface area contributed by atoms with Gasteiger partial charge in [-0.25, -0.2) is 0 Å². The van der Waals surface area contributed by atoms with E-state index in [1.54, 1.807) is 11.9 Å². The van der Waals surface area contributed by atoms with Gasteiger partial charge >= 0.3 is 0 Å². The smallest absolute Gasteiger partial charge is 0.274 e. The van der Waals surface area contributed by atoms with E-state index < -0.39 is 5.91 Å². The van der Waals surface area contributed by atoms with Gasteiger partial charge in [-0.3, -0.25) is 14.3 Å². The van der Waals surface area contributed by atoms with Crippen LogP contribution in [0.5, 0.6) is 0 Å². The summed E-state index contributed by atoms with van der Waals surface area (Å²) in [5.41, 5.74) is 12.8. The number of carbonyl (C=O) groups excluding carboxylic acids is 2. The summed E-state index contributed by atoms with van der Waals surface area (Å²) in [4.78, 5) is 25.7. The fraction of sp³-hybridized carbons (Fsp3) is 0.643. The van der Waals surface area contributed by atoms with Gasteiger partial charge in [-0.05, 0) is 19.3 Å². The Balaban J connectivity index is 2.33. The summed E-state index contributed by atoms with van der Waals surface area (Å²) >= 11 is 0. The largest absolute Gasteiger partial charge is 0.395 e. The second kappa shape index (κ2) is 6.15. The minimum atomic E-state index is -0.508. The molecule has 0 aliphatic heterocycles. The van der Waals surface area contributed by atoms with Crippen molar-refractivity contribution in [2.24, 2.45) is 12.8 Å². The van der Waals surface area contributed by atoms with Crippen LogP contribution in [0, 0.1) is 0 Å². The normalized spacial score (nSPS) is 15.3. The van der Waals surface area contributed by atoms with Crippen LogP contribution in [-0.4, -0.2) is 39.1 Å². The number of carbonyl (C=O) groups is 2. The number of aromatic nitrogens is 2. The van der Waals surface area contributed by atoms with E-state index in [0.717, 1.165) is 25.7 Å². The van der Waals surface area contributed by atoms with E-state index in [-0.39, 0.29) is 18.5 Å². The summed E-state index contributed by atoms with van der Waals surface area (Å²) in [6.07, 6.45) is 4.59. The number of hydrogen-bond acceptors (Lipinski definition) is 4. The van der Waals surface area contributed by atoms with Gasteiger partial charge in [-0.1, -0.05) is 19.8 Å². The molecule has 0 radical (unpaired) electrons. The minimum absolute atomic E-state index is 0.0596. The molecule has 1 aromatic heterocycles. The Morgan fingerprint density at radius 3 is 2.48 bits per heavy atom. The topological polar surface area (TPSA) is 107 Å². The van der Waals surface area contributed by atoms with Crippen molar-refractivity contribution >= 4 is 17.5 Å². The molecule has 0 unspecified atom stereocenters. The van der Waals surface area contributed by atoms with Crippen LogP contribution in [-0.2, 0) is 18.3 Å². The molecule has 0 atom stereocenters. The van der Waals surface area contributed by atoms with E-state index in [1.807, 2.05) is 6.92 Å². The van der Waals surface area contributed by atoms with Gasteiger partial charge in [0.05, 0.1) is 17.9 Å². The molecule has 21 heavy (non-hydrogen) atoms. The van der Waals surface area contributed by atoms with Crippen LogP contribution in [0.2, 0.25) is 0 Å². The quantitative estimate of drug-likeness (QED) is 0.821. The molecule has 2 amide bonds. The molecule has 1 saturated carbocycles. The third-order valence-corrected chi connectivity index (χ3v) is 4.05. The van der Waals surface area contributed by atoms with Crippen molar-refractivity contribution in [1.82, 2.24) is 14.7 Å². The zero-order valence-corrected chi connectivity index (χ0v) is 12.6. The summed E-state index contributed by atoms with van der Waals surface area (Å²) in [7, 11) is 1.69. The first-order valence-corrected chi connectivity index (χ1v) is 7.36. The molecule has 0 bridgehead atoms. The number of anilines is 1. The first-order valence-electron chi connectivity index (χ1n) is 7.36. The highest BCUT2D eigenvalue weighted by atomic mass is 16.2. The monoisotopic (exact) mass is 293 g/mol. The molecule has 1 aromatic rings. The van der Waals surface area contributed by atoms with Crippen LogP contribution in [0.3, 0.4) is 0 Å². The Morgan fingerprint density at radius 2 is 2.00 bits per heavy atom. The molecule has 1 heterocycles. The number of aryl methyl sites for hydroxylation is 2. The lowest BCUT2D eigenvalue weighted by atomic mass is 10.1. The van der Waals surface area contributed by atoms with E-state index in [2.05, 4.69) is 5.10 Å². The maximum atomic E-state index is 12.8. The maximum Gasteiger partial charge on any atom is 0.274 e. The molecule has 7 heteroatoms. The number of primary amides is 1. The Bertz CT molecular complexity index is 546. The van der Waals surface area contributed by atoms with Crippen molar-refractivity contribution in [3.63, 3.8) is 0 Å². The van der Waals surface area contributed by atoms with Gasteiger partial charge in [-0.15, -0.1) is 0 Å². The zero-order valence-electron chi connectivity index (χ0n) is 12.6. The third-order valence-electron chi connectivity index (χ3n) is 4.05. The van der Waals surface area contributed by atoms with Gasteiger partial charge in [0.25, 0.3) is 5.91 Å². The summed E-state index contributed by atoms with van der Waals surface area (Å²) in [5, 5.41) is 4.27. The van der Waals surface area contributed by atoms with Gasteiger partial charge in [0.2, 0.25) is 5.91 Å². The highest BCUT2D eigenvalue weighted by molar-refractivity contribution is 5.99. The summed E-state index contributed by atoms with van der Waals surface area (Å²) in [5.74, 6) is -0.764. The molecular weight excluding hydrogens is 270 g/mol. The van der Waals surface area contributed by atoms with E-state index in [1.165, 1.54) is 4.68 Å². The number of hydrogen-bond donors (Lipinski definition) is 2. The van der Waals surface area contributed by atoms with Crippen LogP contribution in [0.25, 0.3) is 0 Å². The minimum Gasteiger partial charge on any atom is -0.395 e. The maximum absolute atomic E-state index is 12.8. The molecule has 4 N–H and O–H groups in total. The summed E-state index contributed by atoms with van der Waals surface area (Å²) in [6, 6.07) is 0.0596. The number of nitrogens with two attached hydrogens (primary N) is 2. The van der Waals surface area contributed by atoms with Crippen LogP contribution in [0.1, 0.15) is 48.8 Å². The lowest BCUT2D eigenvalue weighted by Crippen LogP contribution is -2.45. The predicted molar refractivity (Wildman–Crippen MR) is 79.5 cm³/mol. The molecule has 7 nitrogen and oxygen atoms in total. The van der Waals surface area contributed by atoms with Crippen LogP contribution in [0.4, 0.5) is 5.69 Å². The van der Waals surface area contributed by atoms with E-state index in [9.17, 15) is 9.59 Å². The Labute approximate surface area is 124 Å². The van der Waals surface area contributed by atoms with Crippen molar-refractivity contribution in [1.29, 1.82) is 0 Å². The van der Waals surface area contributed by atoms with Crippen molar-refractivity contribution in [2.45, 2.75) is 45.1 Å². The second-order valence-corrected chi connectivity index (χ2v) is 5.52. The zero-order chi connectivity index (χ0) is 15.6. The van der Waals surface area contributed by atoms with Gasteiger partial charge in [0.15, 0.2) is 0 Å². The van der Waals surface area contributed by atoms with E-state index in [0.29, 0.717) is 23.5 Å². The lowest BCUT2D eigenvalue weighted by molar-refractivity contribution is -0.119. The molecule has 116 valence electrons. The lowest BCUT2D eigenvalue weighted by Gasteiger charge is -2.27. The van der Waals surface area contributed by atoms with E-state index >= 15 is 0 Å². The number of nitrogens with zero attached hydrogens (tertiary/aromatic N) is 3. The van der Waals surface area contributed by atoms with Gasteiger partial charge in [0.1, 0.15) is 5.69 Å². The Morgan fingerprint density at radius 1 is 1.38 bits per heavy atom. The first-order chi connectivity index (χ1) is 9.95. The molecule has 1 fully saturated rings. The predicted octanol–water partition coefficient (Wildman–Crippen LogP) is 0.435. The average Bonchev–Trinajstić information content (AvgIpc) is 3.03. The fourth-order valence-corrected chi connectivity index (χ4v) is 3.00. The highest BCUT2D eigenvalue weighted by Crippen LogP contribution is 2.26. The summed E-state index contributed by atoms with van der Waals surface area (Å²) < 4.78 is 1.50. The fourth-order valence-electron chi connectivity index (χ4n) is 3.00. The summed E-state index contributed by atoms with van der Waals surface area (Å²) in [6.45, 7) is 1.86. The number of amides is 2. The van der Waals surface area contributed by atoms with Crippen LogP contribution in [0.15, 0.2) is 0 Å². The number of nitrogen functional groups attached to an aromatic ring is 1. The molecule has 0 spiro atoms. The standard InChI is InChI=1S/C14H23N5O2/c1-3-10-12(16)13(18(2)17-10)14(21)19(8-11(15)20)9-6-4-5-7-9/h9H,3-8,16H2,1-2H3,(H2,15,20). The SMILES string of the molecule is CCc1nn(C)c(C(=O)N(CC(N)=O)C2CCCC2)c1N. The van der Waals surface area contributed by atoms with Crippen LogP contribution >= 0.6 is 0 Å². The Kier molecular flexibility index (Phi) is 4.50. The van der Waals surface area contributed by atoms with Crippen LogP contribution < -0.4 is 11.5 Å². The molecule has 1 aliphatic rings. The van der Waals surface area contributed by atoms with Crippen molar-refractivity contribution in [3.05, 3.63) is 11.4 Å². The first kappa shape index (κ1) is 15.3. The van der Waals surface area contributed by atoms with E-state index in [4.69, 9.17) is 11.5 Å². The van der Waals surface area contributed by atoms with Crippen molar-refractivity contribution in [2.75, 3.05) is 12.3 Å². The van der Waals surface area contributed by atoms with Gasteiger partial charge in [-0.2, -0.15) is 5.10 Å². The molecule has 1 aliphatic carbocycles. The van der Waals surface area contributed by atoms with Gasteiger partial charge < -0.3 is 16.4 Å². The van der Waals surface area contributed by atoms with Crippen molar-refractivity contribution < 1.29 is 9.59 Å². The average molecular weight is 293 g/mol. The number of rotatable bonds is 5. The van der Waals surface area contributed by atoms with Gasteiger partial charge in [0, 0.05) is 13.1 Å². The van der Waals surface area contributed by atoms with Crippen molar-refractivity contribution in [3.8, 4) is 0 Å². The molecular formula is C14H23N5O2. The molecule has 0 aromatic carbocycles. The third kappa shape index (κ3) is 3.01. The highest BCUT2D eigenvalue weighted by Gasteiger charge is 2.31. The second-order valence-electron chi connectivity index (χ2n) is 5.52.